The highest BCUT2D eigenvalue weighted by molar-refractivity contribution is 6.05. The molecule has 248 valence electrons. The standard InChI is InChI=1S/C35H33F3N6O4/c1-41(33(45)24-5-7-26(8-6-24)35(36,37)38)27-9-13-32(40-21-27)48-28-10-11-29-25(18-28)19-30(42(29)2)34(46)44-16-14-43(15-17-44)22-23-4-12-31(47-3)39-20-23/h4-13,18-21H,14-17,22H2,1-3H3. The molecule has 0 bridgehead atoms. The summed E-state index contributed by atoms with van der Waals surface area (Å²) >= 11 is 0. The molecule has 0 spiro atoms. The molecule has 10 nitrogen and oxygen atoms in total. The molecule has 3 aromatic heterocycles. The summed E-state index contributed by atoms with van der Waals surface area (Å²) in [6.07, 6.45) is -1.22. The molecule has 5 aromatic rings. The minimum absolute atomic E-state index is 0.0332. The van der Waals surface area contributed by atoms with E-state index in [0.29, 0.717) is 36.1 Å². The maximum Gasteiger partial charge on any atom is 0.416 e. The van der Waals surface area contributed by atoms with E-state index in [9.17, 15) is 22.8 Å². The van der Waals surface area contributed by atoms with Crippen LogP contribution in [-0.2, 0) is 19.8 Å². The van der Waals surface area contributed by atoms with Gasteiger partial charge in [-0.05, 0) is 60.2 Å². The highest BCUT2D eigenvalue weighted by atomic mass is 19.4. The fraction of sp³-hybridized carbons (Fsp3) is 0.257. The van der Waals surface area contributed by atoms with Crippen molar-refractivity contribution in [1.29, 1.82) is 0 Å². The number of hydrogen-bond donors (Lipinski definition) is 0. The van der Waals surface area contributed by atoms with Gasteiger partial charge >= 0.3 is 6.18 Å². The number of alkyl halides is 3. The van der Waals surface area contributed by atoms with Gasteiger partial charge in [0.15, 0.2) is 0 Å². The fourth-order valence-electron chi connectivity index (χ4n) is 5.62. The molecule has 1 aliphatic heterocycles. The van der Waals surface area contributed by atoms with Gasteiger partial charge in [0.25, 0.3) is 11.8 Å². The molecule has 1 saturated heterocycles. The molecular weight excluding hydrogens is 625 g/mol. The molecule has 0 unspecified atom stereocenters. The summed E-state index contributed by atoms with van der Waals surface area (Å²) in [4.78, 5) is 40.4. The molecular formula is C35H33F3N6O4. The van der Waals surface area contributed by atoms with Crippen molar-refractivity contribution < 1.29 is 32.2 Å². The van der Waals surface area contributed by atoms with Crippen molar-refractivity contribution in [2.75, 3.05) is 45.2 Å². The number of nitrogens with zero attached hydrogens (tertiary/aromatic N) is 6. The third-order valence-electron chi connectivity index (χ3n) is 8.40. The molecule has 4 heterocycles. The fourth-order valence-corrected chi connectivity index (χ4v) is 5.62. The lowest BCUT2D eigenvalue weighted by molar-refractivity contribution is -0.137. The Morgan fingerprint density at radius 3 is 2.21 bits per heavy atom. The maximum absolute atomic E-state index is 13.5. The second-order valence-corrected chi connectivity index (χ2v) is 11.5. The van der Waals surface area contributed by atoms with Crippen LogP contribution in [-0.4, -0.2) is 76.5 Å². The topological polar surface area (TPSA) is 93.0 Å². The zero-order valence-electron chi connectivity index (χ0n) is 26.6. The monoisotopic (exact) mass is 658 g/mol. The second-order valence-electron chi connectivity index (χ2n) is 11.5. The molecule has 2 amide bonds. The van der Waals surface area contributed by atoms with E-state index in [-0.39, 0.29) is 17.4 Å². The van der Waals surface area contributed by atoms with Crippen LogP contribution in [0.1, 0.15) is 32.0 Å². The highest BCUT2D eigenvalue weighted by Gasteiger charge is 2.30. The SMILES string of the molecule is COc1ccc(CN2CCN(C(=O)c3cc4cc(Oc5ccc(N(C)C(=O)c6ccc(C(F)(F)F)cc6)cn5)ccc4n3C)CC2)cn1. The average Bonchev–Trinajstić information content (AvgIpc) is 3.43. The van der Waals surface area contributed by atoms with Gasteiger partial charge in [-0.1, -0.05) is 6.07 Å². The number of halogens is 3. The van der Waals surface area contributed by atoms with Crippen molar-refractivity contribution in [2.45, 2.75) is 12.7 Å². The van der Waals surface area contributed by atoms with Gasteiger partial charge in [0.05, 0.1) is 24.6 Å². The second kappa shape index (κ2) is 13.4. The summed E-state index contributed by atoms with van der Waals surface area (Å²) in [7, 11) is 4.97. The van der Waals surface area contributed by atoms with Gasteiger partial charge in [-0.2, -0.15) is 13.2 Å². The van der Waals surface area contributed by atoms with E-state index in [1.807, 2.05) is 53.0 Å². The summed E-state index contributed by atoms with van der Waals surface area (Å²) in [5.41, 5.74) is 2.28. The van der Waals surface area contributed by atoms with Gasteiger partial charge in [0.1, 0.15) is 11.4 Å². The van der Waals surface area contributed by atoms with Crippen LogP contribution in [0.2, 0.25) is 0 Å². The van der Waals surface area contributed by atoms with Gasteiger partial charge in [-0.25, -0.2) is 9.97 Å². The van der Waals surface area contributed by atoms with Crippen molar-refractivity contribution >= 4 is 28.4 Å². The Labute approximate surface area is 274 Å². The first-order chi connectivity index (χ1) is 23.0. The average molecular weight is 659 g/mol. The molecule has 2 aromatic carbocycles. The smallest absolute Gasteiger partial charge is 0.416 e. The normalized spacial score (nSPS) is 13.8. The van der Waals surface area contributed by atoms with E-state index >= 15 is 0 Å². The first-order valence-corrected chi connectivity index (χ1v) is 15.2. The molecule has 0 N–H and O–H groups in total. The van der Waals surface area contributed by atoms with Crippen LogP contribution in [0.15, 0.2) is 85.2 Å². The van der Waals surface area contributed by atoms with Crippen LogP contribution in [0.5, 0.6) is 17.5 Å². The predicted octanol–water partition coefficient (Wildman–Crippen LogP) is 6.02. The summed E-state index contributed by atoms with van der Waals surface area (Å²) in [6, 6.07) is 18.5. The molecule has 0 radical (unpaired) electrons. The van der Waals surface area contributed by atoms with E-state index in [0.717, 1.165) is 60.4 Å². The van der Waals surface area contributed by atoms with Crippen molar-refractivity contribution in [3.63, 3.8) is 0 Å². The number of carbonyl (C=O) groups is 2. The Kier molecular flexibility index (Phi) is 9.05. The first-order valence-electron chi connectivity index (χ1n) is 15.2. The maximum atomic E-state index is 13.5. The largest absolute Gasteiger partial charge is 0.481 e. The Hall–Kier alpha value is -5.43. The number of aromatic nitrogens is 3. The number of piperazine rings is 1. The van der Waals surface area contributed by atoms with Gasteiger partial charge in [-0.15, -0.1) is 0 Å². The molecule has 13 heteroatoms. The number of rotatable bonds is 8. The number of ether oxygens (including phenoxy) is 2. The Morgan fingerprint density at radius 2 is 1.58 bits per heavy atom. The highest BCUT2D eigenvalue weighted by Crippen LogP contribution is 2.30. The minimum Gasteiger partial charge on any atom is -0.481 e. The molecule has 1 fully saturated rings. The number of carbonyl (C=O) groups excluding carboxylic acids is 2. The van der Waals surface area contributed by atoms with Gasteiger partial charge in [0, 0.05) is 81.6 Å². The quantitative estimate of drug-likeness (QED) is 0.201. The van der Waals surface area contributed by atoms with Crippen LogP contribution in [0.25, 0.3) is 10.9 Å². The Bertz CT molecular complexity index is 1920. The van der Waals surface area contributed by atoms with Gasteiger partial charge in [0.2, 0.25) is 11.8 Å². The number of fused-ring (bicyclic) bond motifs is 1. The molecule has 0 atom stereocenters. The van der Waals surface area contributed by atoms with Crippen molar-refractivity contribution in [3.05, 3.63) is 108 Å². The van der Waals surface area contributed by atoms with E-state index in [2.05, 4.69) is 14.9 Å². The van der Waals surface area contributed by atoms with Gasteiger partial charge < -0.3 is 23.8 Å². The first kappa shape index (κ1) is 32.5. The summed E-state index contributed by atoms with van der Waals surface area (Å²) in [6.45, 7) is 3.50. The van der Waals surface area contributed by atoms with Crippen LogP contribution in [0, 0.1) is 0 Å². The summed E-state index contributed by atoms with van der Waals surface area (Å²) in [5, 5.41) is 0.836. The molecule has 1 aliphatic rings. The third-order valence-corrected chi connectivity index (χ3v) is 8.40. The van der Waals surface area contributed by atoms with Crippen molar-refractivity contribution in [2.24, 2.45) is 7.05 Å². The Balaban J connectivity index is 1.07. The summed E-state index contributed by atoms with van der Waals surface area (Å²) < 4.78 is 51.6. The van der Waals surface area contributed by atoms with E-state index in [4.69, 9.17) is 9.47 Å². The number of anilines is 1. The van der Waals surface area contributed by atoms with Crippen LogP contribution >= 0.6 is 0 Å². The van der Waals surface area contributed by atoms with Crippen LogP contribution in [0.3, 0.4) is 0 Å². The van der Waals surface area contributed by atoms with Crippen LogP contribution < -0.4 is 14.4 Å². The number of methoxy groups -OCH3 is 1. The lowest BCUT2D eigenvalue weighted by Gasteiger charge is -2.34. The molecule has 0 aliphatic carbocycles. The predicted molar refractivity (Wildman–Crippen MR) is 173 cm³/mol. The molecule has 0 saturated carbocycles. The zero-order chi connectivity index (χ0) is 34.0. The van der Waals surface area contributed by atoms with E-state index < -0.39 is 17.6 Å². The number of hydrogen-bond acceptors (Lipinski definition) is 7. The van der Waals surface area contributed by atoms with Crippen molar-refractivity contribution in [3.8, 4) is 17.5 Å². The minimum atomic E-state index is -4.48. The van der Waals surface area contributed by atoms with E-state index in [1.165, 1.54) is 18.1 Å². The summed E-state index contributed by atoms with van der Waals surface area (Å²) in [5.74, 6) is 0.864. The zero-order valence-corrected chi connectivity index (χ0v) is 26.6. The molecule has 6 rings (SSSR count). The third kappa shape index (κ3) is 6.95. The lowest BCUT2D eigenvalue weighted by Crippen LogP contribution is -2.48. The van der Waals surface area contributed by atoms with E-state index in [1.54, 1.807) is 25.3 Å². The number of benzene rings is 2. The number of amides is 2. The van der Waals surface area contributed by atoms with Crippen LogP contribution in [0.4, 0.5) is 18.9 Å². The Morgan fingerprint density at radius 1 is 0.875 bits per heavy atom. The van der Waals surface area contributed by atoms with Crippen molar-refractivity contribution in [1.82, 2.24) is 24.3 Å². The number of aryl methyl sites for hydroxylation is 1. The molecule has 48 heavy (non-hydrogen) atoms. The lowest BCUT2D eigenvalue weighted by atomic mass is 10.1. The van der Waals surface area contributed by atoms with Gasteiger partial charge in [-0.3, -0.25) is 14.5 Å². The number of pyridine rings is 2.